The molecule has 0 unspecified atom stereocenters. The second-order valence-corrected chi connectivity index (χ2v) is 5.89. The predicted molar refractivity (Wildman–Crippen MR) is 87.9 cm³/mol. The lowest BCUT2D eigenvalue weighted by Gasteiger charge is -2.14. The minimum atomic E-state index is -0.730. The number of hydrogen-bond acceptors (Lipinski definition) is 5. The molecule has 0 saturated heterocycles. The first-order valence-corrected chi connectivity index (χ1v) is 7.99. The third-order valence-corrected chi connectivity index (χ3v) is 3.82. The largest absolute Gasteiger partial charge is 0.441 e. The summed E-state index contributed by atoms with van der Waals surface area (Å²) in [6.45, 7) is 2.10. The van der Waals surface area contributed by atoms with Gasteiger partial charge in [-0.2, -0.15) is 0 Å². The van der Waals surface area contributed by atoms with E-state index in [1.54, 1.807) is 20.0 Å². The van der Waals surface area contributed by atoms with Gasteiger partial charge in [-0.05, 0) is 19.1 Å². The Morgan fingerprint density at radius 2 is 2.00 bits per heavy atom. The van der Waals surface area contributed by atoms with Gasteiger partial charge in [-0.25, -0.2) is 13.8 Å². The molecule has 136 valence electrons. The molecule has 0 bridgehead atoms. The molecule has 0 radical (unpaired) electrons. The van der Waals surface area contributed by atoms with E-state index < -0.39 is 11.6 Å². The van der Waals surface area contributed by atoms with E-state index in [1.165, 1.54) is 17.2 Å². The summed E-state index contributed by atoms with van der Waals surface area (Å²) in [5, 5.41) is 3.84. The minimum Gasteiger partial charge on any atom is -0.441 e. The van der Waals surface area contributed by atoms with Gasteiger partial charge >= 0.3 is 0 Å². The zero-order chi connectivity index (χ0) is 18.7. The first-order valence-electron chi connectivity index (χ1n) is 7.99. The molecule has 2 heterocycles. The highest BCUT2D eigenvalue weighted by molar-refractivity contribution is 5.76. The van der Waals surface area contributed by atoms with Gasteiger partial charge in [0.2, 0.25) is 5.91 Å². The van der Waals surface area contributed by atoms with E-state index in [0.717, 1.165) is 12.1 Å². The number of amides is 1. The minimum absolute atomic E-state index is 0.00511. The average Bonchev–Trinajstić information content (AvgIpc) is 3.21. The average molecular weight is 361 g/mol. The van der Waals surface area contributed by atoms with Crippen molar-refractivity contribution in [2.45, 2.75) is 26.3 Å². The summed E-state index contributed by atoms with van der Waals surface area (Å²) in [6.07, 6.45) is 1.62. The van der Waals surface area contributed by atoms with E-state index in [2.05, 4.69) is 10.1 Å². The Bertz CT molecular complexity index is 900. The molecule has 1 aromatic carbocycles. The lowest BCUT2D eigenvalue weighted by molar-refractivity contribution is -0.130. The maximum atomic E-state index is 13.8. The lowest BCUT2D eigenvalue weighted by atomic mass is 10.1. The third kappa shape index (κ3) is 3.96. The second kappa shape index (κ2) is 7.47. The van der Waals surface area contributed by atoms with E-state index in [9.17, 15) is 13.6 Å². The fourth-order valence-corrected chi connectivity index (χ4v) is 2.50. The number of nitrogens with zero attached hydrogens (tertiary/aromatic N) is 3. The van der Waals surface area contributed by atoms with Crippen LogP contribution >= 0.6 is 0 Å². The van der Waals surface area contributed by atoms with Crippen molar-refractivity contribution in [2.24, 2.45) is 0 Å². The van der Waals surface area contributed by atoms with Gasteiger partial charge in [-0.1, -0.05) is 11.2 Å². The van der Waals surface area contributed by atoms with Crippen LogP contribution in [0.2, 0.25) is 0 Å². The third-order valence-electron chi connectivity index (χ3n) is 3.82. The normalized spacial score (nSPS) is 10.9. The zero-order valence-corrected chi connectivity index (χ0v) is 14.3. The molecule has 1 amide bonds. The molecule has 0 N–H and O–H groups in total. The van der Waals surface area contributed by atoms with Crippen molar-refractivity contribution in [3.63, 3.8) is 0 Å². The molecular weight excluding hydrogens is 344 g/mol. The molecule has 0 spiro atoms. The van der Waals surface area contributed by atoms with Crippen LogP contribution in [0, 0.1) is 18.6 Å². The number of aromatic nitrogens is 2. The Hall–Kier alpha value is -3.03. The molecule has 8 heteroatoms. The summed E-state index contributed by atoms with van der Waals surface area (Å²) >= 11 is 0. The van der Waals surface area contributed by atoms with Crippen molar-refractivity contribution in [1.29, 1.82) is 0 Å². The lowest BCUT2D eigenvalue weighted by Crippen LogP contribution is -2.26. The Labute approximate surface area is 148 Å². The standard InChI is InChI=1S/C18H17F2N3O3/c1-11-8-12(22-26-11)10-23(2)17(24)7-6-16-21-9-15(25-16)18-13(19)4-3-5-14(18)20/h3-5,8-9H,6-7,10H2,1-2H3. The fraction of sp³-hybridized carbons (Fsp3) is 0.278. The van der Waals surface area contributed by atoms with Gasteiger partial charge in [0.25, 0.3) is 0 Å². The molecule has 3 aromatic rings. The summed E-state index contributed by atoms with van der Waals surface area (Å²) < 4.78 is 37.9. The highest BCUT2D eigenvalue weighted by Gasteiger charge is 2.17. The van der Waals surface area contributed by atoms with Crippen molar-refractivity contribution in [3.8, 4) is 11.3 Å². The Kier molecular flexibility index (Phi) is 5.11. The quantitative estimate of drug-likeness (QED) is 0.672. The number of rotatable bonds is 6. The van der Waals surface area contributed by atoms with Crippen LogP contribution in [0.5, 0.6) is 0 Å². The molecule has 2 aromatic heterocycles. The number of halogens is 2. The van der Waals surface area contributed by atoms with Gasteiger partial charge in [0.15, 0.2) is 11.7 Å². The van der Waals surface area contributed by atoms with Gasteiger partial charge in [0.1, 0.15) is 23.1 Å². The topological polar surface area (TPSA) is 72.4 Å². The Balaban J connectivity index is 1.60. The van der Waals surface area contributed by atoms with E-state index in [-0.39, 0.29) is 36.0 Å². The molecule has 0 aliphatic heterocycles. The van der Waals surface area contributed by atoms with Crippen LogP contribution in [0.15, 0.2) is 39.4 Å². The molecule has 0 atom stereocenters. The van der Waals surface area contributed by atoms with Gasteiger partial charge in [-0.15, -0.1) is 0 Å². The highest BCUT2D eigenvalue weighted by Crippen LogP contribution is 2.26. The fourth-order valence-electron chi connectivity index (χ4n) is 2.50. The number of oxazole rings is 1. The monoisotopic (exact) mass is 361 g/mol. The molecule has 0 saturated carbocycles. The van der Waals surface area contributed by atoms with Gasteiger partial charge in [0, 0.05) is 26.0 Å². The van der Waals surface area contributed by atoms with Crippen molar-refractivity contribution in [2.75, 3.05) is 7.05 Å². The summed E-state index contributed by atoms with van der Waals surface area (Å²) in [5.41, 5.74) is 0.392. The molecule has 6 nitrogen and oxygen atoms in total. The number of carbonyl (C=O) groups excluding carboxylic acids is 1. The van der Waals surface area contributed by atoms with Crippen molar-refractivity contribution < 1.29 is 22.5 Å². The first kappa shape index (κ1) is 17.8. The molecule has 0 aliphatic rings. The van der Waals surface area contributed by atoms with Crippen LogP contribution in [0.25, 0.3) is 11.3 Å². The van der Waals surface area contributed by atoms with Crippen LogP contribution < -0.4 is 0 Å². The van der Waals surface area contributed by atoms with Gasteiger partial charge in [-0.3, -0.25) is 4.79 Å². The van der Waals surface area contributed by atoms with E-state index >= 15 is 0 Å². The van der Waals surface area contributed by atoms with E-state index in [0.29, 0.717) is 18.0 Å². The first-order chi connectivity index (χ1) is 12.4. The number of hydrogen-bond donors (Lipinski definition) is 0. The molecule has 0 aliphatic carbocycles. The van der Waals surface area contributed by atoms with Crippen LogP contribution in [0.3, 0.4) is 0 Å². The highest BCUT2D eigenvalue weighted by atomic mass is 19.1. The predicted octanol–water partition coefficient (Wildman–Crippen LogP) is 3.51. The SMILES string of the molecule is Cc1cc(CN(C)C(=O)CCc2ncc(-c3c(F)cccc3F)o2)no1. The van der Waals surface area contributed by atoms with Gasteiger partial charge < -0.3 is 13.8 Å². The van der Waals surface area contributed by atoms with Crippen molar-refractivity contribution in [3.05, 3.63) is 59.4 Å². The Morgan fingerprint density at radius 1 is 1.27 bits per heavy atom. The maximum absolute atomic E-state index is 13.8. The smallest absolute Gasteiger partial charge is 0.223 e. The zero-order valence-electron chi connectivity index (χ0n) is 14.3. The molecule has 0 fully saturated rings. The molecule has 26 heavy (non-hydrogen) atoms. The van der Waals surface area contributed by atoms with Crippen LogP contribution in [0.1, 0.15) is 23.8 Å². The number of benzene rings is 1. The summed E-state index contributed by atoms with van der Waals surface area (Å²) in [7, 11) is 1.65. The number of carbonyl (C=O) groups is 1. The van der Waals surface area contributed by atoms with Crippen molar-refractivity contribution >= 4 is 5.91 Å². The van der Waals surface area contributed by atoms with E-state index in [4.69, 9.17) is 8.94 Å². The second-order valence-electron chi connectivity index (χ2n) is 5.89. The summed E-state index contributed by atoms with van der Waals surface area (Å²) in [6, 6.07) is 5.32. The number of aryl methyl sites for hydroxylation is 2. The van der Waals surface area contributed by atoms with E-state index in [1.807, 2.05) is 0 Å². The Morgan fingerprint density at radius 3 is 2.65 bits per heavy atom. The van der Waals surface area contributed by atoms with Crippen LogP contribution in [-0.2, 0) is 17.8 Å². The molecule has 3 rings (SSSR count). The van der Waals surface area contributed by atoms with Crippen molar-refractivity contribution in [1.82, 2.24) is 15.0 Å². The van der Waals surface area contributed by atoms with Crippen LogP contribution in [-0.4, -0.2) is 28.0 Å². The molecular formula is C18H17F2N3O3. The van der Waals surface area contributed by atoms with Gasteiger partial charge in [0.05, 0.1) is 18.3 Å². The summed E-state index contributed by atoms with van der Waals surface area (Å²) in [5.74, 6) is -0.690. The summed E-state index contributed by atoms with van der Waals surface area (Å²) in [4.78, 5) is 17.7. The van der Waals surface area contributed by atoms with Crippen LogP contribution in [0.4, 0.5) is 8.78 Å². The maximum Gasteiger partial charge on any atom is 0.223 e.